The Hall–Kier alpha value is -2.87. The number of pyridine rings is 1. The lowest BCUT2D eigenvalue weighted by Crippen LogP contribution is -2.13. The van der Waals surface area contributed by atoms with Gasteiger partial charge in [-0.2, -0.15) is 5.26 Å². The van der Waals surface area contributed by atoms with Crippen molar-refractivity contribution in [1.82, 2.24) is 4.98 Å². The van der Waals surface area contributed by atoms with Crippen molar-refractivity contribution in [2.45, 2.75) is 6.92 Å². The Labute approximate surface area is 110 Å². The van der Waals surface area contributed by atoms with Crippen LogP contribution in [-0.4, -0.2) is 10.9 Å². The maximum atomic E-state index is 12.0. The van der Waals surface area contributed by atoms with E-state index in [4.69, 9.17) is 11.0 Å². The topological polar surface area (TPSA) is 91.8 Å². The highest BCUT2D eigenvalue weighted by atomic mass is 16.1. The monoisotopic (exact) mass is 252 g/mol. The molecule has 0 aliphatic rings. The van der Waals surface area contributed by atoms with E-state index in [1.165, 1.54) is 12.3 Å². The molecule has 2 aromatic rings. The van der Waals surface area contributed by atoms with Crippen LogP contribution >= 0.6 is 0 Å². The first-order valence-corrected chi connectivity index (χ1v) is 5.64. The minimum atomic E-state index is -0.323. The maximum Gasteiger partial charge on any atom is 0.255 e. The molecule has 19 heavy (non-hydrogen) atoms. The summed E-state index contributed by atoms with van der Waals surface area (Å²) >= 11 is 0. The van der Waals surface area contributed by atoms with Crippen molar-refractivity contribution >= 4 is 17.4 Å². The second-order valence-electron chi connectivity index (χ2n) is 4.03. The average Bonchev–Trinajstić information content (AvgIpc) is 2.39. The molecule has 0 radical (unpaired) electrons. The molecule has 1 aromatic carbocycles. The summed E-state index contributed by atoms with van der Waals surface area (Å²) < 4.78 is 0. The molecule has 3 N–H and O–H groups in total. The molecule has 5 heteroatoms. The molecule has 1 aromatic heterocycles. The van der Waals surface area contributed by atoms with Crippen molar-refractivity contribution < 1.29 is 4.79 Å². The lowest BCUT2D eigenvalue weighted by molar-refractivity contribution is 0.102. The van der Waals surface area contributed by atoms with Crippen LogP contribution in [0.5, 0.6) is 0 Å². The van der Waals surface area contributed by atoms with Gasteiger partial charge in [-0.15, -0.1) is 0 Å². The average molecular weight is 252 g/mol. The van der Waals surface area contributed by atoms with E-state index < -0.39 is 0 Å². The van der Waals surface area contributed by atoms with Crippen molar-refractivity contribution in [2.75, 3.05) is 11.1 Å². The zero-order valence-corrected chi connectivity index (χ0v) is 10.3. The highest BCUT2D eigenvalue weighted by Crippen LogP contribution is 2.19. The Kier molecular flexibility index (Phi) is 3.44. The number of nitrogens with one attached hydrogen (secondary N) is 1. The predicted octanol–water partition coefficient (Wildman–Crippen LogP) is 2.10. The Morgan fingerprint density at radius 1 is 1.42 bits per heavy atom. The molecule has 0 unspecified atom stereocenters. The summed E-state index contributed by atoms with van der Waals surface area (Å²) in [6.45, 7) is 1.82. The Balaban J connectivity index is 2.30. The third kappa shape index (κ3) is 2.69. The van der Waals surface area contributed by atoms with Gasteiger partial charge in [0.15, 0.2) is 0 Å². The van der Waals surface area contributed by atoms with Crippen LogP contribution in [0.1, 0.15) is 21.5 Å². The Bertz CT molecular complexity index is 673. The molecule has 2 rings (SSSR count). The van der Waals surface area contributed by atoms with Crippen LogP contribution in [0.4, 0.5) is 11.5 Å². The number of amides is 1. The fraction of sp³-hybridized carbons (Fsp3) is 0.0714. The molecule has 1 heterocycles. The van der Waals surface area contributed by atoms with Gasteiger partial charge in [0.05, 0.1) is 11.3 Å². The van der Waals surface area contributed by atoms with Crippen LogP contribution in [-0.2, 0) is 0 Å². The first-order chi connectivity index (χ1) is 9.11. The van der Waals surface area contributed by atoms with Gasteiger partial charge < -0.3 is 11.1 Å². The molecule has 0 aliphatic heterocycles. The lowest BCUT2D eigenvalue weighted by Gasteiger charge is -2.08. The third-order valence-electron chi connectivity index (χ3n) is 2.68. The fourth-order valence-corrected chi connectivity index (χ4v) is 1.70. The summed E-state index contributed by atoms with van der Waals surface area (Å²) in [5, 5.41) is 11.8. The Morgan fingerprint density at radius 2 is 2.21 bits per heavy atom. The number of nitrogen functional groups attached to an aromatic ring is 1. The molecule has 0 saturated carbocycles. The van der Waals surface area contributed by atoms with E-state index in [0.717, 1.165) is 5.56 Å². The van der Waals surface area contributed by atoms with Crippen LogP contribution in [0.25, 0.3) is 0 Å². The first-order valence-electron chi connectivity index (χ1n) is 5.64. The summed E-state index contributed by atoms with van der Waals surface area (Å²) in [6, 6.07) is 10.4. The first kappa shape index (κ1) is 12.6. The number of aromatic nitrogens is 1. The number of aryl methyl sites for hydroxylation is 1. The minimum absolute atomic E-state index is 0.275. The van der Waals surface area contributed by atoms with Crippen molar-refractivity contribution in [3.63, 3.8) is 0 Å². The molecule has 0 aliphatic carbocycles. The number of nitrogens with zero attached hydrogens (tertiary/aromatic N) is 2. The van der Waals surface area contributed by atoms with E-state index in [0.29, 0.717) is 16.8 Å². The number of carbonyl (C=O) groups is 1. The smallest absolute Gasteiger partial charge is 0.255 e. The normalized spacial score (nSPS) is 9.68. The summed E-state index contributed by atoms with van der Waals surface area (Å²) in [7, 11) is 0. The highest BCUT2D eigenvalue weighted by Gasteiger charge is 2.10. The number of anilines is 2. The Morgan fingerprint density at radius 3 is 2.89 bits per heavy atom. The van der Waals surface area contributed by atoms with Crippen LogP contribution in [0, 0.1) is 18.3 Å². The van der Waals surface area contributed by atoms with Gasteiger partial charge in [0.1, 0.15) is 11.9 Å². The number of hydrogen-bond acceptors (Lipinski definition) is 4. The van der Waals surface area contributed by atoms with Crippen LogP contribution < -0.4 is 11.1 Å². The number of carbonyl (C=O) groups excluding carboxylic acids is 1. The second-order valence-corrected chi connectivity index (χ2v) is 4.03. The molecule has 0 saturated heterocycles. The molecule has 0 fully saturated rings. The van der Waals surface area contributed by atoms with Crippen molar-refractivity contribution in [1.29, 1.82) is 5.26 Å². The summed E-state index contributed by atoms with van der Waals surface area (Å²) in [5.74, 6) is -0.0476. The van der Waals surface area contributed by atoms with Gasteiger partial charge >= 0.3 is 0 Å². The van der Waals surface area contributed by atoms with Crippen molar-refractivity contribution in [3.05, 3.63) is 53.2 Å². The number of rotatable bonds is 2. The molecular weight excluding hydrogens is 240 g/mol. The van der Waals surface area contributed by atoms with Gasteiger partial charge in [-0.1, -0.05) is 12.1 Å². The van der Waals surface area contributed by atoms with Crippen LogP contribution in [0.2, 0.25) is 0 Å². The van der Waals surface area contributed by atoms with E-state index in [9.17, 15) is 4.79 Å². The van der Waals surface area contributed by atoms with Gasteiger partial charge in [-0.3, -0.25) is 4.79 Å². The predicted molar refractivity (Wildman–Crippen MR) is 72.5 cm³/mol. The quantitative estimate of drug-likeness (QED) is 0.856. The minimum Gasteiger partial charge on any atom is -0.384 e. The van der Waals surface area contributed by atoms with Gasteiger partial charge in [0, 0.05) is 11.8 Å². The van der Waals surface area contributed by atoms with Gasteiger partial charge in [0.2, 0.25) is 0 Å². The maximum absolute atomic E-state index is 12.0. The molecule has 94 valence electrons. The van der Waals surface area contributed by atoms with Gasteiger partial charge in [-0.05, 0) is 30.7 Å². The molecule has 0 bridgehead atoms. The fourth-order valence-electron chi connectivity index (χ4n) is 1.70. The zero-order valence-electron chi connectivity index (χ0n) is 10.3. The zero-order chi connectivity index (χ0) is 13.8. The van der Waals surface area contributed by atoms with E-state index in [-0.39, 0.29) is 11.7 Å². The standard InChI is InChI=1S/C14H12N4O/c1-9-3-2-4-12(11(9)8-15)18-14(19)10-5-6-17-13(16)7-10/h2-7H,1H3,(H2,16,17)(H,18,19). The largest absolute Gasteiger partial charge is 0.384 e. The molecular formula is C14H12N4O. The van der Waals surface area contributed by atoms with Crippen LogP contribution in [0.3, 0.4) is 0 Å². The highest BCUT2D eigenvalue weighted by molar-refractivity contribution is 6.05. The van der Waals surface area contributed by atoms with E-state index >= 15 is 0 Å². The van der Waals surface area contributed by atoms with Gasteiger partial charge in [-0.25, -0.2) is 4.98 Å². The number of hydrogen-bond donors (Lipinski definition) is 2. The SMILES string of the molecule is Cc1cccc(NC(=O)c2ccnc(N)c2)c1C#N. The number of nitrogens with two attached hydrogens (primary N) is 1. The molecule has 5 nitrogen and oxygen atoms in total. The molecule has 1 amide bonds. The van der Waals surface area contributed by atoms with Gasteiger partial charge in [0.25, 0.3) is 5.91 Å². The second kappa shape index (κ2) is 5.19. The van der Waals surface area contributed by atoms with E-state index in [2.05, 4.69) is 16.4 Å². The van der Waals surface area contributed by atoms with Crippen molar-refractivity contribution in [3.8, 4) is 6.07 Å². The third-order valence-corrected chi connectivity index (χ3v) is 2.68. The summed E-state index contributed by atoms with van der Waals surface area (Å²) in [5.41, 5.74) is 7.69. The number of nitriles is 1. The molecule has 0 spiro atoms. The van der Waals surface area contributed by atoms with Crippen LogP contribution in [0.15, 0.2) is 36.5 Å². The van der Waals surface area contributed by atoms with E-state index in [1.807, 2.05) is 13.0 Å². The number of benzene rings is 1. The summed E-state index contributed by atoms with van der Waals surface area (Å²) in [4.78, 5) is 15.9. The summed E-state index contributed by atoms with van der Waals surface area (Å²) in [6.07, 6.45) is 1.46. The van der Waals surface area contributed by atoms with E-state index in [1.54, 1.807) is 18.2 Å². The molecule has 0 atom stereocenters. The van der Waals surface area contributed by atoms with Crippen molar-refractivity contribution in [2.24, 2.45) is 0 Å². The lowest BCUT2D eigenvalue weighted by atomic mass is 10.1.